The van der Waals surface area contributed by atoms with E-state index in [9.17, 15) is 22.8 Å². The first kappa shape index (κ1) is 24.4. The summed E-state index contributed by atoms with van der Waals surface area (Å²) in [4.78, 5) is 28.1. The van der Waals surface area contributed by atoms with Crippen molar-refractivity contribution in [2.45, 2.75) is 6.18 Å². The Bertz CT molecular complexity index is 1060. The molecule has 0 bridgehead atoms. The molecule has 0 unspecified atom stereocenters. The zero-order chi connectivity index (χ0) is 24.2. The summed E-state index contributed by atoms with van der Waals surface area (Å²) in [6.45, 7) is 0.672. The molecule has 1 heterocycles. The maximum Gasteiger partial charge on any atom is 0.417 e. The number of halogens is 4. The summed E-state index contributed by atoms with van der Waals surface area (Å²) >= 11 is 6.17. The van der Waals surface area contributed by atoms with E-state index in [0.29, 0.717) is 22.1 Å². The van der Waals surface area contributed by atoms with Crippen molar-refractivity contribution in [3.63, 3.8) is 0 Å². The molecule has 0 atom stereocenters. The van der Waals surface area contributed by atoms with Crippen LogP contribution in [0, 0.1) is 0 Å². The van der Waals surface area contributed by atoms with E-state index in [1.165, 1.54) is 48.3 Å². The lowest BCUT2D eigenvalue weighted by atomic mass is 10.1. The quantitative estimate of drug-likeness (QED) is 0.594. The Morgan fingerprint density at radius 3 is 2.24 bits per heavy atom. The van der Waals surface area contributed by atoms with Gasteiger partial charge in [0, 0.05) is 32.3 Å². The van der Waals surface area contributed by atoms with Crippen molar-refractivity contribution in [2.75, 3.05) is 40.4 Å². The molecule has 33 heavy (non-hydrogen) atoms. The number of alkyl halides is 3. The molecule has 1 aliphatic heterocycles. The maximum atomic E-state index is 13.2. The van der Waals surface area contributed by atoms with Crippen LogP contribution in [0.2, 0.25) is 5.02 Å². The lowest BCUT2D eigenvalue weighted by Crippen LogP contribution is -2.50. The van der Waals surface area contributed by atoms with Gasteiger partial charge in [0.05, 0.1) is 30.4 Å². The number of benzene rings is 2. The molecule has 1 fully saturated rings. The van der Waals surface area contributed by atoms with Gasteiger partial charge in [-0.3, -0.25) is 9.59 Å². The number of rotatable bonds is 5. The number of amides is 2. The molecule has 0 N–H and O–H groups in total. The Hall–Kier alpha value is -3.20. The van der Waals surface area contributed by atoms with Gasteiger partial charge in [-0.1, -0.05) is 23.7 Å². The van der Waals surface area contributed by atoms with Crippen LogP contribution >= 0.6 is 11.6 Å². The third kappa shape index (κ3) is 5.60. The van der Waals surface area contributed by atoms with Crippen molar-refractivity contribution < 1.29 is 32.2 Å². The second-order valence-corrected chi connectivity index (χ2v) is 7.64. The molecule has 3 rings (SSSR count). The summed E-state index contributed by atoms with van der Waals surface area (Å²) in [6.07, 6.45) is -1.68. The number of nitrogens with zero attached hydrogens (tertiary/aromatic N) is 2. The number of piperazine rings is 1. The summed E-state index contributed by atoms with van der Waals surface area (Å²) < 4.78 is 50.1. The lowest BCUT2D eigenvalue weighted by molar-refractivity contribution is -0.138. The van der Waals surface area contributed by atoms with Gasteiger partial charge >= 0.3 is 6.18 Å². The smallest absolute Gasteiger partial charge is 0.417 e. The molecule has 0 saturated carbocycles. The third-order valence-electron chi connectivity index (χ3n) is 5.22. The van der Waals surface area contributed by atoms with Crippen molar-refractivity contribution in [1.29, 1.82) is 0 Å². The first-order valence-corrected chi connectivity index (χ1v) is 10.4. The number of hydrogen-bond donors (Lipinski definition) is 0. The molecule has 0 spiro atoms. The standard InChI is InChI=1S/C23H22ClF3N2O4/c1-32-19-14-15(13-18(24)21(19)33-2)7-8-20(30)28-9-11-29(12-10-28)22(31)16-5-3-4-6-17(16)23(25,26)27/h3-8,13-14H,9-12H2,1-2H3/b8-7+. The average Bonchev–Trinajstić information content (AvgIpc) is 2.81. The number of hydrogen-bond acceptors (Lipinski definition) is 4. The Morgan fingerprint density at radius 2 is 1.64 bits per heavy atom. The van der Waals surface area contributed by atoms with Crippen molar-refractivity contribution in [2.24, 2.45) is 0 Å². The zero-order valence-electron chi connectivity index (χ0n) is 18.0. The summed E-state index contributed by atoms with van der Waals surface area (Å²) in [5.41, 5.74) is -0.733. The minimum atomic E-state index is -4.62. The summed E-state index contributed by atoms with van der Waals surface area (Å²) in [5, 5.41) is 0.329. The lowest BCUT2D eigenvalue weighted by Gasteiger charge is -2.34. The molecule has 2 aromatic carbocycles. The fourth-order valence-electron chi connectivity index (χ4n) is 3.52. The number of carbonyl (C=O) groups is 2. The van der Waals surface area contributed by atoms with Crippen LogP contribution in [0.3, 0.4) is 0 Å². The van der Waals surface area contributed by atoms with Crippen LogP contribution in [0.5, 0.6) is 11.5 Å². The van der Waals surface area contributed by atoms with E-state index in [-0.39, 0.29) is 32.1 Å². The predicted molar refractivity (Wildman–Crippen MR) is 118 cm³/mol. The van der Waals surface area contributed by atoms with E-state index in [1.54, 1.807) is 18.2 Å². The van der Waals surface area contributed by atoms with Gasteiger partial charge in [0.15, 0.2) is 11.5 Å². The van der Waals surface area contributed by atoms with E-state index in [2.05, 4.69) is 0 Å². The van der Waals surface area contributed by atoms with E-state index in [1.807, 2.05) is 0 Å². The van der Waals surface area contributed by atoms with Gasteiger partial charge in [-0.15, -0.1) is 0 Å². The van der Waals surface area contributed by atoms with Gasteiger partial charge < -0.3 is 19.3 Å². The predicted octanol–water partition coefficient (Wildman–Crippen LogP) is 4.37. The highest BCUT2D eigenvalue weighted by Crippen LogP contribution is 2.36. The van der Waals surface area contributed by atoms with Gasteiger partial charge in [0.2, 0.25) is 5.91 Å². The highest BCUT2D eigenvalue weighted by molar-refractivity contribution is 6.32. The highest BCUT2D eigenvalue weighted by Gasteiger charge is 2.36. The fourth-order valence-corrected chi connectivity index (χ4v) is 3.82. The van der Waals surface area contributed by atoms with Crippen LogP contribution in [-0.4, -0.2) is 62.0 Å². The summed E-state index contributed by atoms with van der Waals surface area (Å²) in [7, 11) is 2.94. The Balaban J connectivity index is 1.64. The highest BCUT2D eigenvalue weighted by atomic mass is 35.5. The van der Waals surface area contributed by atoms with Crippen molar-refractivity contribution >= 4 is 29.5 Å². The number of ether oxygens (including phenoxy) is 2. The molecule has 1 saturated heterocycles. The van der Waals surface area contributed by atoms with Gasteiger partial charge in [0.25, 0.3) is 5.91 Å². The third-order valence-corrected chi connectivity index (χ3v) is 5.50. The number of methoxy groups -OCH3 is 2. The molecule has 0 aromatic heterocycles. The van der Waals surface area contributed by atoms with Gasteiger partial charge in [-0.05, 0) is 35.9 Å². The van der Waals surface area contributed by atoms with Crippen LogP contribution in [0.4, 0.5) is 13.2 Å². The zero-order valence-corrected chi connectivity index (χ0v) is 18.7. The van der Waals surface area contributed by atoms with Crippen molar-refractivity contribution in [1.82, 2.24) is 9.80 Å². The van der Waals surface area contributed by atoms with Crippen LogP contribution in [0.25, 0.3) is 6.08 Å². The van der Waals surface area contributed by atoms with E-state index in [4.69, 9.17) is 21.1 Å². The van der Waals surface area contributed by atoms with Crippen molar-refractivity contribution in [3.8, 4) is 11.5 Å². The van der Waals surface area contributed by atoms with Crippen LogP contribution in [-0.2, 0) is 11.0 Å². The largest absolute Gasteiger partial charge is 0.493 e. The molecular weight excluding hydrogens is 461 g/mol. The minimum Gasteiger partial charge on any atom is -0.493 e. The molecular formula is C23H22ClF3N2O4. The molecule has 0 radical (unpaired) electrons. The molecule has 2 amide bonds. The number of carbonyl (C=O) groups excluding carboxylic acids is 2. The monoisotopic (exact) mass is 482 g/mol. The van der Waals surface area contributed by atoms with Crippen LogP contribution in [0.15, 0.2) is 42.5 Å². The summed E-state index contributed by atoms with van der Waals surface area (Å²) in [6, 6.07) is 7.99. The second kappa shape index (κ2) is 10.2. The second-order valence-electron chi connectivity index (χ2n) is 7.23. The van der Waals surface area contributed by atoms with Gasteiger partial charge in [0.1, 0.15) is 0 Å². The SMILES string of the molecule is COc1cc(/C=C/C(=O)N2CCN(C(=O)c3ccccc3C(F)(F)F)CC2)cc(Cl)c1OC. The van der Waals surface area contributed by atoms with Crippen molar-refractivity contribution in [3.05, 3.63) is 64.2 Å². The minimum absolute atomic E-state index is 0.132. The summed E-state index contributed by atoms with van der Waals surface area (Å²) in [5.74, 6) is -0.187. The fraction of sp³-hybridized carbons (Fsp3) is 0.304. The van der Waals surface area contributed by atoms with Crippen LogP contribution < -0.4 is 9.47 Å². The average molecular weight is 483 g/mol. The Labute approximate surface area is 194 Å². The molecule has 1 aliphatic rings. The first-order chi connectivity index (χ1) is 15.7. The van der Waals surface area contributed by atoms with E-state index in [0.717, 1.165) is 6.07 Å². The first-order valence-electron chi connectivity index (χ1n) is 9.99. The molecule has 176 valence electrons. The van der Waals surface area contributed by atoms with Gasteiger partial charge in [-0.25, -0.2) is 0 Å². The topological polar surface area (TPSA) is 59.1 Å². The molecule has 2 aromatic rings. The Morgan fingerprint density at radius 1 is 1.00 bits per heavy atom. The Kier molecular flexibility index (Phi) is 7.53. The molecule has 6 nitrogen and oxygen atoms in total. The van der Waals surface area contributed by atoms with Crippen LogP contribution in [0.1, 0.15) is 21.5 Å². The normalized spacial score (nSPS) is 14.5. The van der Waals surface area contributed by atoms with Gasteiger partial charge in [-0.2, -0.15) is 13.2 Å². The molecule has 10 heteroatoms. The van der Waals surface area contributed by atoms with E-state index < -0.39 is 23.2 Å². The maximum absolute atomic E-state index is 13.2. The molecule has 0 aliphatic carbocycles. The van der Waals surface area contributed by atoms with E-state index >= 15 is 0 Å².